The second-order valence-corrected chi connectivity index (χ2v) is 5.11. The molecule has 0 aliphatic carbocycles. The van der Waals surface area contributed by atoms with Crippen molar-refractivity contribution in [2.75, 3.05) is 0 Å². The van der Waals surface area contributed by atoms with Crippen LogP contribution in [-0.4, -0.2) is 20.6 Å². The van der Waals surface area contributed by atoms with Crippen molar-refractivity contribution in [3.63, 3.8) is 0 Å². The molecule has 112 valence electrons. The van der Waals surface area contributed by atoms with E-state index in [-0.39, 0.29) is 11.0 Å². The number of fused-ring (bicyclic) bond motifs is 1. The SMILES string of the molecule is O=C(O)Cn1c(-c2ccc(Cl)cc2)nc2cc(F)c(F)cc21. The lowest BCUT2D eigenvalue weighted by Gasteiger charge is -2.06. The second kappa shape index (κ2) is 5.38. The van der Waals surface area contributed by atoms with E-state index in [1.54, 1.807) is 24.3 Å². The molecular weight excluding hydrogens is 314 g/mol. The standard InChI is InChI=1S/C15H9ClF2N2O2/c16-9-3-1-8(2-4-9)15-19-12-5-10(17)11(18)6-13(12)20(15)7-14(21)22/h1-6H,7H2,(H,21,22). The zero-order valence-electron chi connectivity index (χ0n) is 11.1. The first-order chi connectivity index (χ1) is 10.5. The van der Waals surface area contributed by atoms with Gasteiger partial charge in [-0.15, -0.1) is 0 Å². The number of imidazole rings is 1. The maximum atomic E-state index is 13.4. The highest BCUT2D eigenvalue weighted by molar-refractivity contribution is 6.30. The molecule has 1 aromatic heterocycles. The van der Waals surface area contributed by atoms with Crippen molar-refractivity contribution in [1.82, 2.24) is 9.55 Å². The third-order valence-electron chi connectivity index (χ3n) is 3.19. The highest BCUT2D eigenvalue weighted by atomic mass is 35.5. The highest BCUT2D eigenvalue weighted by Crippen LogP contribution is 2.27. The monoisotopic (exact) mass is 322 g/mol. The lowest BCUT2D eigenvalue weighted by Crippen LogP contribution is -2.10. The van der Waals surface area contributed by atoms with Gasteiger partial charge in [0.1, 0.15) is 12.4 Å². The summed E-state index contributed by atoms with van der Waals surface area (Å²) in [6.07, 6.45) is 0. The van der Waals surface area contributed by atoms with E-state index < -0.39 is 24.1 Å². The van der Waals surface area contributed by atoms with Crippen molar-refractivity contribution in [3.05, 3.63) is 53.1 Å². The Balaban J connectivity index is 2.28. The molecule has 0 fully saturated rings. The molecule has 3 aromatic rings. The smallest absolute Gasteiger partial charge is 0.323 e. The zero-order chi connectivity index (χ0) is 15.9. The fourth-order valence-electron chi connectivity index (χ4n) is 2.23. The molecular formula is C15H9ClF2N2O2. The third kappa shape index (κ3) is 2.53. The number of halogens is 3. The predicted molar refractivity (Wildman–Crippen MR) is 77.7 cm³/mol. The van der Waals surface area contributed by atoms with Crippen molar-refractivity contribution >= 4 is 28.6 Å². The number of rotatable bonds is 3. The summed E-state index contributed by atoms with van der Waals surface area (Å²) in [4.78, 5) is 15.3. The van der Waals surface area contributed by atoms with E-state index in [0.29, 0.717) is 16.4 Å². The predicted octanol–water partition coefficient (Wildman–Crippen LogP) is 3.72. The minimum Gasteiger partial charge on any atom is -0.480 e. The topological polar surface area (TPSA) is 55.1 Å². The van der Waals surface area contributed by atoms with Crippen molar-refractivity contribution in [3.8, 4) is 11.4 Å². The van der Waals surface area contributed by atoms with E-state index in [2.05, 4.69) is 4.98 Å². The molecule has 3 rings (SSSR count). The Labute approximate surface area is 128 Å². The number of benzene rings is 2. The van der Waals surface area contributed by atoms with Gasteiger partial charge in [0.2, 0.25) is 0 Å². The maximum Gasteiger partial charge on any atom is 0.323 e. The Morgan fingerprint density at radius 3 is 2.45 bits per heavy atom. The molecule has 0 saturated heterocycles. The van der Waals surface area contributed by atoms with E-state index >= 15 is 0 Å². The Morgan fingerprint density at radius 1 is 1.18 bits per heavy atom. The average Bonchev–Trinajstić information content (AvgIpc) is 2.78. The number of carboxylic acids is 1. The van der Waals surface area contributed by atoms with Crippen LogP contribution in [-0.2, 0) is 11.3 Å². The van der Waals surface area contributed by atoms with Crippen LogP contribution in [0, 0.1) is 11.6 Å². The third-order valence-corrected chi connectivity index (χ3v) is 3.44. The molecule has 0 aliphatic rings. The van der Waals surface area contributed by atoms with Gasteiger partial charge in [0, 0.05) is 22.7 Å². The molecule has 4 nitrogen and oxygen atoms in total. The molecule has 0 unspecified atom stereocenters. The molecule has 0 atom stereocenters. The van der Waals surface area contributed by atoms with Gasteiger partial charge in [0.25, 0.3) is 0 Å². The minimum absolute atomic E-state index is 0.185. The molecule has 0 bridgehead atoms. The first kappa shape index (κ1) is 14.5. The van der Waals surface area contributed by atoms with Gasteiger partial charge in [-0.25, -0.2) is 13.8 Å². The summed E-state index contributed by atoms with van der Waals surface area (Å²) in [6.45, 7) is -0.417. The number of nitrogens with zero attached hydrogens (tertiary/aromatic N) is 2. The Morgan fingerprint density at radius 2 is 1.82 bits per heavy atom. The van der Waals surface area contributed by atoms with Crippen LogP contribution in [0.3, 0.4) is 0 Å². The number of hydrogen-bond acceptors (Lipinski definition) is 2. The summed E-state index contributed by atoms with van der Waals surface area (Å²) in [5.74, 6) is -2.89. The lowest BCUT2D eigenvalue weighted by molar-refractivity contribution is -0.137. The van der Waals surface area contributed by atoms with Crippen LogP contribution in [0.15, 0.2) is 36.4 Å². The van der Waals surface area contributed by atoms with Gasteiger partial charge in [-0.05, 0) is 24.3 Å². The molecule has 0 saturated carbocycles. The van der Waals surface area contributed by atoms with Crippen LogP contribution in [0.1, 0.15) is 0 Å². The molecule has 0 amide bonds. The summed E-state index contributed by atoms with van der Waals surface area (Å²) in [7, 11) is 0. The van der Waals surface area contributed by atoms with Crippen LogP contribution in [0.25, 0.3) is 22.4 Å². The largest absolute Gasteiger partial charge is 0.480 e. The first-order valence-corrected chi connectivity index (χ1v) is 6.66. The Bertz CT molecular complexity index is 875. The van der Waals surface area contributed by atoms with Gasteiger partial charge >= 0.3 is 5.97 Å². The van der Waals surface area contributed by atoms with Crippen molar-refractivity contribution in [1.29, 1.82) is 0 Å². The molecule has 22 heavy (non-hydrogen) atoms. The number of carboxylic acid groups (broad SMARTS) is 1. The molecule has 7 heteroatoms. The van der Waals surface area contributed by atoms with Crippen LogP contribution >= 0.6 is 11.6 Å². The summed E-state index contributed by atoms with van der Waals surface area (Å²) in [5.41, 5.74) is 0.999. The molecule has 0 spiro atoms. The van der Waals surface area contributed by atoms with Crippen molar-refractivity contribution in [2.45, 2.75) is 6.54 Å². The zero-order valence-corrected chi connectivity index (χ0v) is 11.8. The van der Waals surface area contributed by atoms with Crippen LogP contribution < -0.4 is 0 Å². The van der Waals surface area contributed by atoms with Gasteiger partial charge in [0.05, 0.1) is 11.0 Å². The molecule has 0 radical (unpaired) electrons. The summed E-state index contributed by atoms with van der Waals surface area (Å²) >= 11 is 5.82. The van der Waals surface area contributed by atoms with Gasteiger partial charge < -0.3 is 9.67 Å². The normalized spacial score (nSPS) is 11.0. The van der Waals surface area contributed by atoms with Gasteiger partial charge in [-0.3, -0.25) is 4.79 Å². The van der Waals surface area contributed by atoms with Crippen molar-refractivity contribution < 1.29 is 18.7 Å². The van der Waals surface area contributed by atoms with E-state index in [4.69, 9.17) is 16.7 Å². The molecule has 0 aliphatic heterocycles. The van der Waals surface area contributed by atoms with Crippen LogP contribution in [0.5, 0.6) is 0 Å². The molecule has 2 aromatic carbocycles. The van der Waals surface area contributed by atoms with Crippen molar-refractivity contribution in [2.24, 2.45) is 0 Å². The number of hydrogen-bond donors (Lipinski definition) is 1. The minimum atomic E-state index is -1.11. The van der Waals surface area contributed by atoms with Gasteiger partial charge in [-0.1, -0.05) is 11.6 Å². The van der Waals surface area contributed by atoms with E-state index in [9.17, 15) is 13.6 Å². The highest BCUT2D eigenvalue weighted by Gasteiger charge is 2.17. The summed E-state index contributed by atoms with van der Waals surface area (Å²) < 4.78 is 28.1. The van der Waals surface area contributed by atoms with Crippen LogP contribution in [0.2, 0.25) is 5.02 Å². The summed E-state index contributed by atoms with van der Waals surface area (Å²) in [5, 5.41) is 9.56. The Kier molecular flexibility index (Phi) is 3.54. The first-order valence-electron chi connectivity index (χ1n) is 6.28. The van der Waals surface area contributed by atoms with E-state index in [1.807, 2.05) is 0 Å². The van der Waals surface area contributed by atoms with Crippen LogP contribution in [0.4, 0.5) is 8.78 Å². The van der Waals surface area contributed by atoms with Gasteiger partial charge in [0.15, 0.2) is 11.6 Å². The number of aromatic nitrogens is 2. The lowest BCUT2D eigenvalue weighted by atomic mass is 10.2. The van der Waals surface area contributed by atoms with E-state index in [0.717, 1.165) is 12.1 Å². The van der Waals surface area contributed by atoms with E-state index in [1.165, 1.54) is 4.57 Å². The Hall–Kier alpha value is -2.47. The molecule has 1 N–H and O–H groups in total. The quantitative estimate of drug-likeness (QED) is 0.799. The fourth-order valence-corrected chi connectivity index (χ4v) is 2.36. The second-order valence-electron chi connectivity index (χ2n) is 4.68. The fraction of sp³-hybridized carbons (Fsp3) is 0.0667. The summed E-state index contributed by atoms with van der Waals surface area (Å²) in [6, 6.07) is 8.47. The number of aliphatic carboxylic acids is 1. The number of carbonyl (C=O) groups is 1. The van der Waals surface area contributed by atoms with Gasteiger partial charge in [-0.2, -0.15) is 0 Å². The maximum absolute atomic E-state index is 13.4. The molecule has 1 heterocycles. The average molecular weight is 323 g/mol.